The Morgan fingerprint density at radius 3 is 2.52 bits per heavy atom. The molecule has 1 heterocycles. The van der Waals surface area contributed by atoms with E-state index in [1.165, 1.54) is 17.2 Å². The Bertz CT molecular complexity index is 1320. The minimum absolute atomic E-state index is 0.122. The highest BCUT2D eigenvalue weighted by Gasteiger charge is 2.41. The zero-order chi connectivity index (χ0) is 20.2. The molecule has 3 N–H and O–H groups in total. The van der Waals surface area contributed by atoms with E-state index < -0.39 is 10.0 Å². The molecule has 0 radical (unpaired) electrons. The maximum absolute atomic E-state index is 11.9. The molecule has 1 aliphatic carbocycles. The Labute approximate surface area is 169 Å². The van der Waals surface area contributed by atoms with Gasteiger partial charge in [0.1, 0.15) is 5.82 Å². The van der Waals surface area contributed by atoms with Crippen LogP contribution in [0.5, 0.6) is 0 Å². The summed E-state index contributed by atoms with van der Waals surface area (Å²) in [7, 11) is -3.80. The smallest absolute Gasteiger partial charge is 0.238 e. The predicted molar refractivity (Wildman–Crippen MR) is 114 cm³/mol. The molecule has 1 aliphatic rings. The lowest BCUT2D eigenvalue weighted by atomic mass is 10.1. The SMILES string of the molecule is Cc1ccc(C2CC2c2nc3cc(-c4ccccc4S(N)(=O)=O)ccc3[nH]2)cc1. The van der Waals surface area contributed by atoms with E-state index in [-0.39, 0.29) is 4.90 Å². The van der Waals surface area contributed by atoms with E-state index in [1.807, 2.05) is 18.2 Å². The molecular formula is C23H21N3O2S. The highest BCUT2D eigenvalue weighted by atomic mass is 32.2. The van der Waals surface area contributed by atoms with Crippen LogP contribution in [0.2, 0.25) is 0 Å². The van der Waals surface area contributed by atoms with Gasteiger partial charge in [-0.2, -0.15) is 0 Å². The molecule has 1 aromatic heterocycles. The second-order valence-corrected chi connectivity index (χ2v) is 9.28. The van der Waals surface area contributed by atoms with Gasteiger partial charge >= 0.3 is 0 Å². The highest BCUT2D eigenvalue weighted by Crippen LogP contribution is 2.54. The molecule has 5 rings (SSSR count). The van der Waals surface area contributed by atoms with Gasteiger partial charge in [0.15, 0.2) is 0 Å². The van der Waals surface area contributed by atoms with Gasteiger partial charge in [0.2, 0.25) is 10.0 Å². The average Bonchev–Trinajstić information content (AvgIpc) is 3.39. The van der Waals surface area contributed by atoms with Crippen LogP contribution in [0.1, 0.15) is 35.2 Å². The Morgan fingerprint density at radius 1 is 1.00 bits per heavy atom. The van der Waals surface area contributed by atoms with E-state index in [0.29, 0.717) is 17.4 Å². The van der Waals surface area contributed by atoms with Crippen molar-refractivity contribution in [2.24, 2.45) is 5.14 Å². The second-order valence-electron chi connectivity index (χ2n) is 7.75. The molecular weight excluding hydrogens is 382 g/mol. The molecule has 0 bridgehead atoms. The number of nitrogens with zero attached hydrogens (tertiary/aromatic N) is 1. The molecule has 4 aromatic rings. The van der Waals surface area contributed by atoms with Crippen LogP contribution in [0.4, 0.5) is 0 Å². The van der Waals surface area contributed by atoms with Crippen LogP contribution in [-0.4, -0.2) is 18.4 Å². The summed E-state index contributed by atoms with van der Waals surface area (Å²) in [5, 5.41) is 5.39. The van der Waals surface area contributed by atoms with E-state index in [0.717, 1.165) is 28.8 Å². The first kappa shape index (κ1) is 18.1. The Balaban J connectivity index is 1.49. The summed E-state index contributed by atoms with van der Waals surface area (Å²) in [6.45, 7) is 2.10. The Morgan fingerprint density at radius 2 is 1.76 bits per heavy atom. The number of aromatic nitrogens is 2. The number of aromatic amines is 1. The molecule has 2 unspecified atom stereocenters. The van der Waals surface area contributed by atoms with Gasteiger partial charge in [0, 0.05) is 11.5 Å². The van der Waals surface area contributed by atoms with Gasteiger partial charge < -0.3 is 4.98 Å². The van der Waals surface area contributed by atoms with E-state index in [1.54, 1.807) is 18.2 Å². The van der Waals surface area contributed by atoms with Crippen LogP contribution < -0.4 is 5.14 Å². The van der Waals surface area contributed by atoms with Gasteiger partial charge in [0.05, 0.1) is 15.9 Å². The summed E-state index contributed by atoms with van der Waals surface area (Å²) >= 11 is 0. The number of aryl methyl sites for hydroxylation is 1. The van der Waals surface area contributed by atoms with Crippen molar-refractivity contribution in [3.8, 4) is 11.1 Å². The molecule has 2 atom stereocenters. The van der Waals surface area contributed by atoms with Crippen molar-refractivity contribution in [2.75, 3.05) is 0 Å². The van der Waals surface area contributed by atoms with Crippen LogP contribution >= 0.6 is 0 Å². The van der Waals surface area contributed by atoms with Gasteiger partial charge in [-0.05, 0) is 48.6 Å². The van der Waals surface area contributed by atoms with Crippen molar-refractivity contribution in [1.29, 1.82) is 0 Å². The van der Waals surface area contributed by atoms with Gasteiger partial charge in [-0.3, -0.25) is 0 Å². The molecule has 3 aromatic carbocycles. The summed E-state index contributed by atoms with van der Waals surface area (Å²) in [6, 6.07) is 21.2. The first-order chi connectivity index (χ1) is 13.9. The summed E-state index contributed by atoms with van der Waals surface area (Å²) in [5.41, 5.74) is 5.77. The third-order valence-corrected chi connectivity index (χ3v) is 6.62. The number of primary sulfonamides is 1. The number of benzene rings is 3. The number of hydrogen-bond donors (Lipinski definition) is 2. The van der Waals surface area contributed by atoms with E-state index in [9.17, 15) is 8.42 Å². The first-order valence-corrected chi connectivity index (χ1v) is 11.1. The van der Waals surface area contributed by atoms with Gasteiger partial charge in [-0.1, -0.05) is 54.1 Å². The zero-order valence-electron chi connectivity index (χ0n) is 16.0. The first-order valence-electron chi connectivity index (χ1n) is 9.58. The van der Waals surface area contributed by atoms with Crippen molar-refractivity contribution in [1.82, 2.24) is 9.97 Å². The van der Waals surface area contributed by atoms with Gasteiger partial charge in [0.25, 0.3) is 0 Å². The molecule has 6 heteroatoms. The summed E-state index contributed by atoms with van der Waals surface area (Å²) in [4.78, 5) is 8.37. The molecule has 0 amide bonds. The lowest BCUT2D eigenvalue weighted by molar-refractivity contribution is 0.598. The molecule has 1 saturated carbocycles. The molecule has 1 fully saturated rings. The minimum atomic E-state index is -3.80. The lowest BCUT2D eigenvalue weighted by Crippen LogP contribution is -2.13. The predicted octanol–water partition coefficient (Wildman–Crippen LogP) is 4.46. The molecule has 5 nitrogen and oxygen atoms in total. The zero-order valence-corrected chi connectivity index (χ0v) is 16.8. The number of rotatable bonds is 4. The summed E-state index contributed by atoms with van der Waals surface area (Å²) in [6.07, 6.45) is 1.09. The average molecular weight is 404 g/mol. The third kappa shape index (κ3) is 3.34. The fraction of sp³-hybridized carbons (Fsp3) is 0.174. The van der Waals surface area contributed by atoms with E-state index in [2.05, 4.69) is 36.2 Å². The number of fused-ring (bicyclic) bond motifs is 1. The molecule has 146 valence electrons. The standard InChI is InChI=1S/C23H21N3O2S/c1-14-6-8-15(9-7-14)18-13-19(18)23-25-20-11-10-16(12-21(20)26-23)17-4-2-3-5-22(17)29(24,27)28/h2-12,18-19H,13H2,1H3,(H,25,26)(H2,24,27,28). The second kappa shape index (κ2) is 6.54. The van der Waals surface area contributed by atoms with Gasteiger partial charge in [-0.25, -0.2) is 18.5 Å². The molecule has 0 spiro atoms. The van der Waals surface area contributed by atoms with Crippen molar-refractivity contribution in [3.63, 3.8) is 0 Å². The molecule has 29 heavy (non-hydrogen) atoms. The normalized spacial score (nSPS) is 18.8. The Hall–Kier alpha value is -2.96. The number of nitrogens with one attached hydrogen (secondary N) is 1. The fourth-order valence-corrected chi connectivity index (χ4v) is 4.76. The topological polar surface area (TPSA) is 88.8 Å². The maximum Gasteiger partial charge on any atom is 0.238 e. The van der Waals surface area contributed by atoms with Crippen molar-refractivity contribution in [3.05, 3.63) is 83.7 Å². The van der Waals surface area contributed by atoms with Gasteiger partial charge in [-0.15, -0.1) is 0 Å². The van der Waals surface area contributed by atoms with E-state index >= 15 is 0 Å². The number of H-pyrrole nitrogens is 1. The van der Waals surface area contributed by atoms with Crippen LogP contribution in [0.3, 0.4) is 0 Å². The maximum atomic E-state index is 11.9. The Kier molecular flexibility index (Phi) is 4.08. The molecule has 0 saturated heterocycles. The summed E-state index contributed by atoms with van der Waals surface area (Å²) in [5.74, 6) is 1.88. The van der Waals surface area contributed by atoms with Crippen LogP contribution in [0.15, 0.2) is 71.6 Å². The lowest BCUT2D eigenvalue weighted by Gasteiger charge is -2.07. The van der Waals surface area contributed by atoms with Crippen molar-refractivity contribution >= 4 is 21.1 Å². The highest BCUT2D eigenvalue weighted by molar-refractivity contribution is 7.89. The summed E-state index contributed by atoms with van der Waals surface area (Å²) < 4.78 is 23.9. The fourth-order valence-electron chi connectivity index (χ4n) is 4.00. The van der Waals surface area contributed by atoms with Crippen molar-refractivity contribution < 1.29 is 8.42 Å². The van der Waals surface area contributed by atoms with Crippen molar-refractivity contribution in [2.45, 2.75) is 30.1 Å². The largest absolute Gasteiger partial charge is 0.342 e. The minimum Gasteiger partial charge on any atom is -0.342 e. The van der Waals surface area contributed by atoms with E-state index in [4.69, 9.17) is 10.1 Å². The number of hydrogen-bond acceptors (Lipinski definition) is 3. The number of imidazole rings is 1. The van der Waals surface area contributed by atoms with Crippen LogP contribution in [0, 0.1) is 6.92 Å². The molecule has 0 aliphatic heterocycles. The quantitative estimate of drug-likeness (QED) is 0.527. The van der Waals surface area contributed by atoms with Crippen LogP contribution in [-0.2, 0) is 10.0 Å². The number of sulfonamides is 1. The monoisotopic (exact) mass is 403 g/mol. The van der Waals surface area contributed by atoms with Crippen LogP contribution in [0.25, 0.3) is 22.2 Å². The number of nitrogens with two attached hydrogens (primary N) is 1. The third-order valence-electron chi connectivity index (χ3n) is 5.65.